The first-order valence-corrected chi connectivity index (χ1v) is 6.99. The first kappa shape index (κ1) is 12.5. The molecule has 1 aliphatic rings. The van der Waals surface area contributed by atoms with Crippen molar-refractivity contribution in [3.05, 3.63) is 11.5 Å². The van der Waals surface area contributed by atoms with Gasteiger partial charge in [0.25, 0.3) is 0 Å². The Hall–Kier alpha value is -0.920. The zero-order chi connectivity index (χ0) is 12.5. The maximum Gasteiger partial charge on any atom is 0.245 e. The van der Waals surface area contributed by atoms with Gasteiger partial charge >= 0.3 is 0 Å². The molecule has 96 valence electrons. The number of aryl methyl sites for hydroxylation is 2. The van der Waals surface area contributed by atoms with Crippen LogP contribution >= 0.6 is 0 Å². The number of hydrogen-bond donors (Lipinski definition) is 1. The Morgan fingerprint density at radius 3 is 2.76 bits per heavy atom. The molecule has 0 bridgehead atoms. The maximum atomic E-state index is 12.0. The molecular formula is C10H16N2O4S. The lowest BCUT2D eigenvalue weighted by Crippen LogP contribution is -2.30. The standard InChI is InChI=1S/C10H16N2O4S/c1-7-10(8(2)16-12-7)17(13,14)11-5-9-3-4-15-6-9/h9,11H,3-6H2,1-2H3/t9-/m0/s1. The fourth-order valence-corrected chi connectivity index (χ4v) is 3.34. The third-order valence-corrected chi connectivity index (χ3v) is 4.49. The average Bonchev–Trinajstić information content (AvgIpc) is 2.86. The highest BCUT2D eigenvalue weighted by Gasteiger charge is 2.25. The predicted molar refractivity (Wildman–Crippen MR) is 60.1 cm³/mol. The largest absolute Gasteiger partial charge is 0.381 e. The van der Waals surface area contributed by atoms with Crippen LogP contribution in [0.25, 0.3) is 0 Å². The van der Waals surface area contributed by atoms with Crippen molar-refractivity contribution >= 4 is 10.0 Å². The van der Waals surface area contributed by atoms with Crippen molar-refractivity contribution in [3.63, 3.8) is 0 Å². The number of nitrogens with one attached hydrogen (secondary N) is 1. The van der Waals surface area contributed by atoms with Crippen molar-refractivity contribution in [2.75, 3.05) is 19.8 Å². The van der Waals surface area contributed by atoms with E-state index in [0.717, 1.165) is 6.42 Å². The molecular weight excluding hydrogens is 244 g/mol. The molecule has 0 radical (unpaired) electrons. The summed E-state index contributed by atoms with van der Waals surface area (Å²) in [6.07, 6.45) is 0.893. The second-order valence-corrected chi connectivity index (χ2v) is 5.94. The van der Waals surface area contributed by atoms with Crippen LogP contribution in [0, 0.1) is 19.8 Å². The third kappa shape index (κ3) is 2.67. The molecule has 0 aromatic carbocycles. The number of hydrogen-bond acceptors (Lipinski definition) is 5. The number of sulfonamides is 1. The zero-order valence-corrected chi connectivity index (χ0v) is 10.7. The molecule has 2 rings (SSSR count). The van der Waals surface area contributed by atoms with Gasteiger partial charge < -0.3 is 9.26 Å². The van der Waals surface area contributed by atoms with E-state index < -0.39 is 10.0 Å². The van der Waals surface area contributed by atoms with Crippen LogP contribution in [0.15, 0.2) is 9.42 Å². The van der Waals surface area contributed by atoms with Crippen molar-refractivity contribution < 1.29 is 17.7 Å². The summed E-state index contributed by atoms with van der Waals surface area (Å²) < 4.78 is 36.7. The van der Waals surface area contributed by atoms with E-state index >= 15 is 0 Å². The smallest absolute Gasteiger partial charge is 0.245 e. The van der Waals surface area contributed by atoms with Gasteiger partial charge in [0.1, 0.15) is 10.6 Å². The molecule has 1 N–H and O–H groups in total. The molecule has 7 heteroatoms. The fraction of sp³-hybridized carbons (Fsp3) is 0.700. The molecule has 1 atom stereocenters. The van der Waals surface area contributed by atoms with Crippen LogP contribution in [-0.2, 0) is 14.8 Å². The Kier molecular flexibility index (Phi) is 3.50. The summed E-state index contributed by atoms with van der Waals surface area (Å²) in [6.45, 7) is 4.92. The number of rotatable bonds is 4. The highest BCUT2D eigenvalue weighted by molar-refractivity contribution is 7.89. The van der Waals surface area contributed by atoms with Crippen LogP contribution in [0.4, 0.5) is 0 Å². The van der Waals surface area contributed by atoms with E-state index in [0.29, 0.717) is 31.2 Å². The monoisotopic (exact) mass is 260 g/mol. The molecule has 1 aliphatic heterocycles. The van der Waals surface area contributed by atoms with Gasteiger partial charge in [-0.05, 0) is 26.2 Å². The van der Waals surface area contributed by atoms with Crippen molar-refractivity contribution in [3.8, 4) is 0 Å². The molecule has 0 unspecified atom stereocenters. The Morgan fingerprint density at radius 1 is 1.47 bits per heavy atom. The van der Waals surface area contributed by atoms with Crippen LogP contribution in [0.1, 0.15) is 17.9 Å². The molecule has 1 fully saturated rings. The quantitative estimate of drug-likeness (QED) is 0.857. The molecule has 6 nitrogen and oxygen atoms in total. The van der Waals surface area contributed by atoms with E-state index in [1.165, 1.54) is 0 Å². The van der Waals surface area contributed by atoms with Gasteiger partial charge in [0.05, 0.1) is 6.61 Å². The van der Waals surface area contributed by atoms with Crippen molar-refractivity contribution in [1.82, 2.24) is 9.88 Å². The molecule has 0 spiro atoms. The van der Waals surface area contributed by atoms with E-state index in [1.807, 2.05) is 0 Å². The first-order valence-electron chi connectivity index (χ1n) is 5.51. The highest BCUT2D eigenvalue weighted by Crippen LogP contribution is 2.19. The molecule has 0 saturated carbocycles. The average molecular weight is 260 g/mol. The van der Waals surface area contributed by atoms with Gasteiger partial charge in [-0.25, -0.2) is 13.1 Å². The van der Waals surface area contributed by atoms with Gasteiger partial charge in [0.15, 0.2) is 5.76 Å². The summed E-state index contributed by atoms with van der Waals surface area (Å²) in [5, 5.41) is 3.64. The van der Waals surface area contributed by atoms with E-state index in [4.69, 9.17) is 9.26 Å². The minimum Gasteiger partial charge on any atom is -0.381 e. The van der Waals surface area contributed by atoms with Crippen molar-refractivity contribution in [2.45, 2.75) is 25.2 Å². The number of ether oxygens (including phenoxy) is 1. The number of aromatic nitrogens is 1. The molecule has 0 amide bonds. The van der Waals surface area contributed by atoms with Gasteiger partial charge in [-0.1, -0.05) is 5.16 Å². The van der Waals surface area contributed by atoms with Gasteiger partial charge in [0, 0.05) is 13.2 Å². The van der Waals surface area contributed by atoms with E-state index in [2.05, 4.69) is 9.88 Å². The Morgan fingerprint density at radius 2 is 2.24 bits per heavy atom. The lowest BCUT2D eigenvalue weighted by molar-refractivity contribution is 0.186. The molecule has 2 heterocycles. The maximum absolute atomic E-state index is 12.0. The molecule has 1 aromatic rings. The van der Waals surface area contributed by atoms with Crippen LogP contribution < -0.4 is 4.72 Å². The summed E-state index contributed by atoms with van der Waals surface area (Å²) >= 11 is 0. The summed E-state index contributed by atoms with van der Waals surface area (Å²) in [5.41, 5.74) is 0.387. The first-order chi connectivity index (χ1) is 8.00. The second kappa shape index (κ2) is 4.75. The van der Waals surface area contributed by atoms with Gasteiger partial charge in [0.2, 0.25) is 10.0 Å². The van der Waals surface area contributed by atoms with Crippen LogP contribution in [0.2, 0.25) is 0 Å². The predicted octanol–water partition coefficient (Wildman–Crippen LogP) is 0.606. The second-order valence-electron chi connectivity index (χ2n) is 4.23. The van der Waals surface area contributed by atoms with Gasteiger partial charge in [-0.3, -0.25) is 0 Å². The molecule has 1 saturated heterocycles. The molecule has 0 aliphatic carbocycles. The van der Waals surface area contributed by atoms with Crippen LogP contribution in [0.3, 0.4) is 0 Å². The third-order valence-electron chi connectivity index (χ3n) is 2.82. The van der Waals surface area contributed by atoms with Crippen LogP contribution in [0.5, 0.6) is 0 Å². The van der Waals surface area contributed by atoms with Crippen molar-refractivity contribution in [1.29, 1.82) is 0 Å². The zero-order valence-electron chi connectivity index (χ0n) is 9.89. The Balaban J connectivity index is 2.08. The highest BCUT2D eigenvalue weighted by atomic mass is 32.2. The fourth-order valence-electron chi connectivity index (χ4n) is 1.90. The topological polar surface area (TPSA) is 81.4 Å². The summed E-state index contributed by atoms with van der Waals surface area (Å²) in [6, 6.07) is 0. The van der Waals surface area contributed by atoms with E-state index in [9.17, 15) is 8.42 Å². The number of nitrogens with zero attached hydrogens (tertiary/aromatic N) is 1. The van der Waals surface area contributed by atoms with E-state index in [-0.39, 0.29) is 10.8 Å². The lowest BCUT2D eigenvalue weighted by Gasteiger charge is -2.09. The minimum absolute atomic E-state index is 0.149. The molecule has 1 aromatic heterocycles. The lowest BCUT2D eigenvalue weighted by atomic mass is 10.1. The normalized spacial score (nSPS) is 20.9. The SMILES string of the molecule is Cc1noc(C)c1S(=O)(=O)NC[C@@H]1CCOC1. The Bertz CT molecular complexity index is 469. The van der Waals surface area contributed by atoms with Gasteiger partial charge in [-0.2, -0.15) is 0 Å². The summed E-state index contributed by atoms with van der Waals surface area (Å²) in [7, 11) is -3.53. The summed E-state index contributed by atoms with van der Waals surface area (Å²) in [5.74, 6) is 0.572. The van der Waals surface area contributed by atoms with Gasteiger partial charge in [-0.15, -0.1) is 0 Å². The molecule has 17 heavy (non-hydrogen) atoms. The minimum atomic E-state index is -3.53. The van der Waals surface area contributed by atoms with Crippen molar-refractivity contribution in [2.24, 2.45) is 5.92 Å². The van der Waals surface area contributed by atoms with Crippen LogP contribution in [-0.4, -0.2) is 33.3 Å². The van der Waals surface area contributed by atoms with E-state index in [1.54, 1.807) is 13.8 Å². The Labute approximate surface area is 100 Å². The summed E-state index contributed by atoms with van der Waals surface area (Å²) in [4.78, 5) is 0.149.